The van der Waals surface area contributed by atoms with E-state index < -0.39 is 18.4 Å². The van der Waals surface area contributed by atoms with Gasteiger partial charge < -0.3 is 4.74 Å². The second kappa shape index (κ2) is 4.33. The van der Waals surface area contributed by atoms with Crippen LogP contribution in [0.4, 0.5) is 13.2 Å². The quantitative estimate of drug-likeness (QED) is 0.639. The minimum atomic E-state index is -4.38. The zero-order chi connectivity index (χ0) is 8.91. The Labute approximate surface area is 62.3 Å². The highest BCUT2D eigenvalue weighted by molar-refractivity contribution is 5.79. The Morgan fingerprint density at radius 3 is 2.36 bits per heavy atom. The molecule has 66 valence electrons. The molecule has 5 heteroatoms. The number of carbonyl (C=O) groups is 1. The van der Waals surface area contributed by atoms with E-state index >= 15 is 0 Å². The molecule has 0 fully saturated rings. The summed E-state index contributed by atoms with van der Waals surface area (Å²) in [5, 5.41) is 0. The van der Waals surface area contributed by atoms with Gasteiger partial charge in [0.15, 0.2) is 0 Å². The monoisotopic (exact) mass is 170 g/mol. The molecule has 0 amide bonds. The van der Waals surface area contributed by atoms with Crippen LogP contribution >= 0.6 is 0 Å². The van der Waals surface area contributed by atoms with E-state index in [2.05, 4.69) is 4.74 Å². The maximum Gasteiger partial charge on any atom is 0.395 e. The summed E-state index contributed by atoms with van der Waals surface area (Å²) in [6, 6.07) is 0. The number of ether oxygens (including phenoxy) is 1. The van der Waals surface area contributed by atoms with Gasteiger partial charge in [-0.1, -0.05) is 0 Å². The van der Waals surface area contributed by atoms with Crippen LogP contribution in [0.1, 0.15) is 12.8 Å². The third-order valence-electron chi connectivity index (χ3n) is 0.983. The molecule has 0 aromatic heterocycles. The Morgan fingerprint density at radius 1 is 1.45 bits per heavy atom. The van der Waals surface area contributed by atoms with Crippen molar-refractivity contribution >= 4 is 5.78 Å². The van der Waals surface area contributed by atoms with Gasteiger partial charge in [0.2, 0.25) is 0 Å². The second-order valence-electron chi connectivity index (χ2n) is 2.07. The molecule has 0 N–H and O–H groups in total. The predicted molar refractivity (Wildman–Crippen MR) is 32.2 cm³/mol. The summed E-state index contributed by atoms with van der Waals surface area (Å²) in [5.74, 6) is -0.834. The van der Waals surface area contributed by atoms with Gasteiger partial charge in [0.1, 0.15) is 12.2 Å². The van der Waals surface area contributed by atoms with Crippen molar-refractivity contribution in [2.45, 2.75) is 19.0 Å². The number of carbonyl (C=O) groups excluding carboxylic acids is 1. The first-order valence-corrected chi connectivity index (χ1v) is 3.03. The molecule has 0 aliphatic carbocycles. The normalized spacial score (nSPS) is 11.6. The first kappa shape index (κ1) is 10.4. The summed E-state index contributed by atoms with van der Waals surface area (Å²) in [5.41, 5.74) is 0. The molecule has 0 rings (SSSR count). The van der Waals surface area contributed by atoms with E-state index in [1.54, 1.807) is 0 Å². The topological polar surface area (TPSA) is 26.3 Å². The van der Waals surface area contributed by atoms with E-state index in [0.717, 1.165) is 0 Å². The zero-order valence-corrected chi connectivity index (χ0v) is 6.07. The molecule has 0 bridgehead atoms. The molecule has 0 saturated carbocycles. The Bertz CT molecular complexity index is 130. The molecule has 0 spiro atoms. The largest absolute Gasteiger partial charge is 0.395 e. The van der Waals surface area contributed by atoms with Gasteiger partial charge in [-0.3, -0.25) is 4.79 Å². The number of Topliss-reactive ketones (excluding diaryl/α,β-unsaturated/α-hetero) is 1. The van der Waals surface area contributed by atoms with Gasteiger partial charge in [-0.25, -0.2) is 0 Å². The highest BCUT2D eigenvalue weighted by atomic mass is 19.4. The Morgan fingerprint density at radius 2 is 2.00 bits per heavy atom. The van der Waals surface area contributed by atoms with E-state index in [1.807, 2.05) is 0 Å². The lowest BCUT2D eigenvalue weighted by Crippen LogP contribution is -2.15. The van der Waals surface area contributed by atoms with Crippen LogP contribution in [0.5, 0.6) is 0 Å². The van der Waals surface area contributed by atoms with E-state index in [0.29, 0.717) is 0 Å². The molecule has 0 radical (unpaired) electrons. The van der Waals surface area contributed by atoms with Crippen LogP contribution in [-0.4, -0.2) is 25.7 Å². The summed E-state index contributed by atoms with van der Waals surface area (Å²) < 4.78 is 38.9. The first-order chi connectivity index (χ1) is 4.95. The van der Waals surface area contributed by atoms with Crippen LogP contribution in [0.2, 0.25) is 0 Å². The van der Waals surface area contributed by atoms with Gasteiger partial charge in [-0.05, 0) is 0 Å². The molecule has 0 aromatic carbocycles. The summed E-state index contributed by atoms with van der Waals surface area (Å²) in [7, 11) is 1.33. The molecule has 2 nitrogen and oxygen atoms in total. The molecule has 0 aromatic rings. The van der Waals surface area contributed by atoms with E-state index in [4.69, 9.17) is 0 Å². The molecule has 0 unspecified atom stereocenters. The van der Waals surface area contributed by atoms with Crippen LogP contribution in [0.3, 0.4) is 0 Å². The van der Waals surface area contributed by atoms with Crippen molar-refractivity contribution in [1.82, 2.24) is 0 Å². The smallest absolute Gasteiger partial charge is 0.384 e. The summed E-state index contributed by atoms with van der Waals surface area (Å²) in [6.45, 7) is 0.0505. The number of alkyl halides is 3. The number of hydrogen-bond acceptors (Lipinski definition) is 2. The lowest BCUT2D eigenvalue weighted by Gasteiger charge is -2.03. The number of halogens is 3. The molecule has 11 heavy (non-hydrogen) atoms. The van der Waals surface area contributed by atoms with Crippen molar-refractivity contribution < 1.29 is 22.7 Å². The number of methoxy groups -OCH3 is 1. The van der Waals surface area contributed by atoms with Gasteiger partial charge in [0, 0.05) is 13.5 Å². The SMILES string of the molecule is COCCC(=O)CC(F)(F)F. The Balaban J connectivity index is 3.53. The standard InChI is InChI=1S/C6H9F3O2/c1-11-3-2-5(10)4-6(7,8)9/h2-4H2,1H3. The highest BCUT2D eigenvalue weighted by Crippen LogP contribution is 2.20. The molecule has 0 saturated heterocycles. The Kier molecular flexibility index (Phi) is 4.10. The fraction of sp³-hybridized carbons (Fsp3) is 0.833. The molecule has 0 aliphatic heterocycles. The average molecular weight is 170 g/mol. The van der Waals surface area contributed by atoms with Crippen molar-refractivity contribution in [2.75, 3.05) is 13.7 Å². The Hall–Kier alpha value is -0.580. The number of hydrogen-bond donors (Lipinski definition) is 0. The van der Waals surface area contributed by atoms with E-state index in [9.17, 15) is 18.0 Å². The lowest BCUT2D eigenvalue weighted by atomic mass is 10.2. The average Bonchev–Trinajstić information content (AvgIpc) is 1.79. The van der Waals surface area contributed by atoms with Crippen LogP contribution in [0.15, 0.2) is 0 Å². The highest BCUT2D eigenvalue weighted by Gasteiger charge is 2.30. The van der Waals surface area contributed by atoms with Crippen LogP contribution in [-0.2, 0) is 9.53 Å². The van der Waals surface area contributed by atoms with Gasteiger partial charge in [-0.2, -0.15) is 13.2 Å². The van der Waals surface area contributed by atoms with Gasteiger partial charge in [0.05, 0.1) is 6.61 Å². The molecular formula is C6H9F3O2. The van der Waals surface area contributed by atoms with Crippen LogP contribution in [0.25, 0.3) is 0 Å². The van der Waals surface area contributed by atoms with Gasteiger partial charge >= 0.3 is 6.18 Å². The van der Waals surface area contributed by atoms with Crippen molar-refractivity contribution in [1.29, 1.82) is 0 Å². The maximum absolute atomic E-state index is 11.5. The van der Waals surface area contributed by atoms with Gasteiger partial charge in [0.25, 0.3) is 0 Å². The third kappa shape index (κ3) is 7.32. The molecule has 0 heterocycles. The van der Waals surface area contributed by atoms with E-state index in [-0.39, 0.29) is 13.0 Å². The molecule has 0 atom stereocenters. The zero-order valence-electron chi connectivity index (χ0n) is 6.07. The minimum absolute atomic E-state index is 0.0505. The summed E-state index contributed by atoms with van der Waals surface area (Å²) in [4.78, 5) is 10.4. The maximum atomic E-state index is 11.5. The van der Waals surface area contributed by atoms with Crippen LogP contribution in [0, 0.1) is 0 Å². The fourth-order valence-corrected chi connectivity index (χ4v) is 0.528. The van der Waals surface area contributed by atoms with Crippen molar-refractivity contribution in [3.8, 4) is 0 Å². The molecule has 0 aliphatic rings. The third-order valence-corrected chi connectivity index (χ3v) is 0.983. The van der Waals surface area contributed by atoms with Crippen molar-refractivity contribution in [3.05, 3.63) is 0 Å². The lowest BCUT2D eigenvalue weighted by molar-refractivity contribution is -0.152. The number of ketones is 1. The minimum Gasteiger partial charge on any atom is -0.384 e. The van der Waals surface area contributed by atoms with E-state index in [1.165, 1.54) is 7.11 Å². The molecular weight excluding hydrogens is 161 g/mol. The number of rotatable bonds is 4. The van der Waals surface area contributed by atoms with Crippen molar-refractivity contribution in [2.24, 2.45) is 0 Å². The summed E-state index contributed by atoms with van der Waals surface area (Å²) >= 11 is 0. The second-order valence-corrected chi connectivity index (χ2v) is 2.07. The van der Waals surface area contributed by atoms with Crippen molar-refractivity contribution in [3.63, 3.8) is 0 Å². The first-order valence-electron chi connectivity index (χ1n) is 3.03. The predicted octanol–water partition coefficient (Wildman–Crippen LogP) is 1.54. The fourth-order valence-electron chi connectivity index (χ4n) is 0.528. The van der Waals surface area contributed by atoms with Crippen LogP contribution < -0.4 is 0 Å². The summed E-state index contributed by atoms with van der Waals surface area (Å²) in [6.07, 6.45) is -5.91. The van der Waals surface area contributed by atoms with Gasteiger partial charge in [-0.15, -0.1) is 0 Å².